The molecule has 0 aliphatic heterocycles. The van der Waals surface area contributed by atoms with Crippen LogP contribution in [0, 0.1) is 17.8 Å². The maximum absolute atomic E-state index is 12.5. The van der Waals surface area contributed by atoms with Gasteiger partial charge in [-0.3, -0.25) is 0 Å². The monoisotopic (exact) mass is 472 g/mol. The number of esters is 3. The summed E-state index contributed by atoms with van der Waals surface area (Å²) in [5.74, 6) is -1.55. The zero-order valence-electron chi connectivity index (χ0n) is 15.5. The van der Waals surface area contributed by atoms with Crippen molar-refractivity contribution in [1.29, 1.82) is 0 Å². The van der Waals surface area contributed by atoms with Crippen molar-refractivity contribution in [3.05, 3.63) is 47.0 Å². The fourth-order valence-corrected chi connectivity index (χ4v) is 7.00. The Morgan fingerprint density at radius 1 is 1.25 bits per heavy atom. The number of halogens is 1. The Balaban J connectivity index is 1.78. The number of carbonyl (C=O) groups excluding carboxylic acids is 3. The van der Waals surface area contributed by atoms with E-state index in [0.717, 1.165) is 6.42 Å². The molecule has 1 aromatic rings. The van der Waals surface area contributed by atoms with Gasteiger partial charge in [0.15, 0.2) is 0 Å². The molecule has 0 radical (unpaired) electrons. The first kappa shape index (κ1) is 20.9. The van der Waals surface area contributed by atoms with Gasteiger partial charge in [-0.2, -0.15) is 0 Å². The van der Waals surface area contributed by atoms with Crippen molar-refractivity contribution in [3.8, 4) is 0 Å². The topological polar surface area (TPSA) is 78.9 Å². The molecule has 0 heterocycles. The Labute approximate surface area is 174 Å². The minimum atomic E-state index is -1.04. The van der Waals surface area contributed by atoms with Crippen LogP contribution in [0.15, 0.2) is 36.4 Å². The molecule has 0 aromatic heterocycles. The number of rotatable bonds is 7. The molecule has 1 fully saturated rings. The third kappa shape index (κ3) is 4.43. The van der Waals surface area contributed by atoms with Crippen molar-refractivity contribution in [2.24, 2.45) is 17.8 Å². The Bertz CT molecular complexity index is 795. The number of allylic oxidation sites excluding steroid dienone is 2. The molecular formula is C20H21ClO6Se. The first-order valence-electron chi connectivity index (χ1n) is 8.99. The molecule has 5 unspecified atom stereocenters. The Kier molecular flexibility index (Phi) is 6.81. The van der Waals surface area contributed by atoms with Crippen LogP contribution < -0.4 is 0 Å². The van der Waals surface area contributed by atoms with E-state index in [9.17, 15) is 14.4 Å². The summed E-state index contributed by atoms with van der Waals surface area (Å²) in [6, 6.07) is 6.34. The standard InChI is InChI=1S/C20H21ClO6Se/c1-3-26-19(24)20(27-17(22)13-5-4-6-14(21)10-13)28-16-12-8-7-11(9-12)15(16)18(23)25-2/h4-8,10-12,15-16,20H,3,9H2,1-2H3. The Morgan fingerprint density at radius 2 is 2.00 bits per heavy atom. The number of methoxy groups -OCH3 is 1. The summed E-state index contributed by atoms with van der Waals surface area (Å²) in [6.07, 6.45) is 4.97. The van der Waals surface area contributed by atoms with Gasteiger partial charge in [0.25, 0.3) is 0 Å². The van der Waals surface area contributed by atoms with E-state index in [-0.39, 0.29) is 40.7 Å². The molecule has 150 valence electrons. The van der Waals surface area contributed by atoms with Gasteiger partial charge < -0.3 is 0 Å². The molecule has 2 bridgehead atoms. The molecule has 1 aromatic carbocycles. The van der Waals surface area contributed by atoms with Crippen LogP contribution in [0.3, 0.4) is 0 Å². The van der Waals surface area contributed by atoms with Gasteiger partial charge in [0, 0.05) is 0 Å². The van der Waals surface area contributed by atoms with E-state index in [1.807, 2.05) is 6.08 Å². The third-order valence-corrected chi connectivity index (χ3v) is 8.26. The van der Waals surface area contributed by atoms with Gasteiger partial charge in [-0.05, 0) is 0 Å². The van der Waals surface area contributed by atoms with Gasteiger partial charge in [0.05, 0.1) is 0 Å². The first-order valence-corrected chi connectivity index (χ1v) is 11.3. The molecule has 0 spiro atoms. The van der Waals surface area contributed by atoms with Crippen LogP contribution in [0.4, 0.5) is 0 Å². The molecule has 5 atom stereocenters. The average molecular weight is 472 g/mol. The molecule has 6 nitrogen and oxygen atoms in total. The molecule has 2 aliphatic carbocycles. The summed E-state index contributed by atoms with van der Waals surface area (Å²) in [4.78, 5) is 37.2. The van der Waals surface area contributed by atoms with Crippen LogP contribution in [-0.2, 0) is 23.8 Å². The summed E-state index contributed by atoms with van der Waals surface area (Å²) in [7, 11) is 1.37. The van der Waals surface area contributed by atoms with Crippen molar-refractivity contribution in [2.45, 2.75) is 23.2 Å². The van der Waals surface area contributed by atoms with Gasteiger partial charge in [-0.15, -0.1) is 0 Å². The van der Waals surface area contributed by atoms with E-state index in [0.29, 0.717) is 5.02 Å². The molecule has 28 heavy (non-hydrogen) atoms. The fourth-order valence-electron chi connectivity index (χ4n) is 3.67. The van der Waals surface area contributed by atoms with E-state index in [2.05, 4.69) is 6.08 Å². The number of carbonyl (C=O) groups is 3. The molecule has 0 N–H and O–H groups in total. The molecular weight excluding hydrogens is 451 g/mol. The third-order valence-electron chi connectivity index (χ3n) is 4.89. The molecule has 2 aliphatic rings. The number of hydrogen-bond donors (Lipinski definition) is 0. The molecule has 0 amide bonds. The van der Waals surface area contributed by atoms with Crippen molar-refractivity contribution < 1.29 is 28.6 Å². The van der Waals surface area contributed by atoms with Gasteiger partial charge in [0.2, 0.25) is 0 Å². The van der Waals surface area contributed by atoms with Crippen molar-refractivity contribution >= 4 is 44.5 Å². The summed E-state index contributed by atoms with van der Waals surface area (Å²) in [5, 5.41) is -0.638. The van der Waals surface area contributed by atoms with E-state index in [4.69, 9.17) is 25.8 Å². The first-order chi connectivity index (χ1) is 13.4. The van der Waals surface area contributed by atoms with E-state index >= 15 is 0 Å². The predicted octanol–water partition coefficient (Wildman–Crippen LogP) is 2.87. The number of hydrogen-bond acceptors (Lipinski definition) is 6. The van der Waals surface area contributed by atoms with Crippen LogP contribution in [0.5, 0.6) is 0 Å². The molecule has 1 saturated carbocycles. The van der Waals surface area contributed by atoms with Crippen LogP contribution >= 0.6 is 11.6 Å². The minimum absolute atomic E-state index is 0.0866. The molecule has 3 rings (SSSR count). The second kappa shape index (κ2) is 9.12. The number of fused-ring (bicyclic) bond motifs is 2. The van der Waals surface area contributed by atoms with Crippen molar-refractivity contribution in [1.82, 2.24) is 0 Å². The second-order valence-corrected chi connectivity index (χ2v) is 9.65. The van der Waals surface area contributed by atoms with E-state index < -0.39 is 31.9 Å². The molecule has 0 saturated heterocycles. The van der Waals surface area contributed by atoms with Gasteiger partial charge in [-0.1, -0.05) is 0 Å². The number of ether oxygens (including phenoxy) is 3. The fraction of sp³-hybridized carbons (Fsp3) is 0.450. The van der Waals surface area contributed by atoms with Gasteiger partial charge >= 0.3 is 175 Å². The zero-order chi connectivity index (χ0) is 20.3. The van der Waals surface area contributed by atoms with E-state index in [1.54, 1.807) is 25.1 Å². The summed E-state index contributed by atoms with van der Waals surface area (Å²) in [5.41, 5.74) is 0.259. The quantitative estimate of drug-likeness (QED) is 0.263. The second-order valence-electron chi connectivity index (χ2n) is 6.60. The van der Waals surface area contributed by atoms with E-state index in [1.165, 1.54) is 13.2 Å². The normalized spacial score (nSPS) is 26.0. The maximum atomic E-state index is 12.5. The molecule has 8 heteroatoms. The Morgan fingerprint density at radius 3 is 2.68 bits per heavy atom. The zero-order valence-corrected chi connectivity index (χ0v) is 18.0. The van der Waals surface area contributed by atoms with Crippen LogP contribution in [-0.4, -0.2) is 51.6 Å². The SMILES string of the molecule is CCOC(=O)C(OC(=O)c1cccc(Cl)c1)[Se]C1C2C=CC(C2)C1C(=O)OC. The summed E-state index contributed by atoms with van der Waals surface area (Å²) < 4.78 is 15.6. The van der Waals surface area contributed by atoms with Crippen LogP contribution in [0.1, 0.15) is 23.7 Å². The summed E-state index contributed by atoms with van der Waals surface area (Å²) >= 11 is 5.44. The van der Waals surface area contributed by atoms with Crippen molar-refractivity contribution in [2.75, 3.05) is 13.7 Å². The number of benzene rings is 1. The van der Waals surface area contributed by atoms with Crippen molar-refractivity contribution in [3.63, 3.8) is 0 Å². The summed E-state index contributed by atoms with van der Waals surface area (Å²) in [6.45, 7) is 1.87. The van der Waals surface area contributed by atoms with Gasteiger partial charge in [-0.25, -0.2) is 0 Å². The predicted molar refractivity (Wildman–Crippen MR) is 103 cm³/mol. The van der Waals surface area contributed by atoms with Crippen LogP contribution in [0.2, 0.25) is 9.84 Å². The Hall–Kier alpha value is -1.82. The average Bonchev–Trinajstić information content (AvgIpc) is 3.28. The van der Waals surface area contributed by atoms with Gasteiger partial charge in [0.1, 0.15) is 0 Å². The van der Waals surface area contributed by atoms with Crippen LogP contribution in [0.25, 0.3) is 0 Å².